The van der Waals surface area contributed by atoms with Crippen molar-refractivity contribution in [3.05, 3.63) is 71.0 Å². The predicted octanol–water partition coefficient (Wildman–Crippen LogP) is 3.98. The smallest absolute Gasteiger partial charge is 0.285 e. The van der Waals surface area contributed by atoms with Crippen LogP contribution in [0.1, 0.15) is 35.8 Å². The van der Waals surface area contributed by atoms with Gasteiger partial charge in [0.2, 0.25) is 0 Å². The van der Waals surface area contributed by atoms with Gasteiger partial charge in [-0.15, -0.1) is 0 Å². The van der Waals surface area contributed by atoms with Gasteiger partial charge in [0.15, 0.2) is 0 Å². The molecule has 0 radical (unpaired) electrons. The van der Waals surface area contributed by atoms with Crippen molar-refractivity contribution >= 4 is 27.5 Å². The summed E-state index contributed by atoms with van der Waals surface area (Å²) in [6.45, 7) is 4.15. The molecule has 0 unspecified atom stereocenters. The van der Waals surface area contributed by atoms with Gasteiger partial charge in [-0.3, -0.25) is 4.79 Å². The molecule has 3 aromatic rings. The Morgan fingerprint density at radius 1 is 1.11 bits per heavy atom. The number of imidazole rings is 1. The Balaban J connectivity index is 1.94. The Kier molecular flexibility index (Phi) is 5.58. The number of amides is 1. The van der Waals surface area contributed by atoms with Gasteiger partial charge in [0, 0.05) is 18.8 Å². The van der Waals surface area contributed by atoms with Crippen LogP contribution in [0.25, 0.3) is 11.4 Å². The average molecular weight is 418 g/mol. The second-order valence-electron chi connectivity index (χ2n) is 6.67. The van der Waals surface area contributed by atoms with Crippen molar-refractivity contribution in [3.8, 4) is 11.4 Å². The van der Waals surface area contributed by atoms with E-state index in [1.54, 1.807) is 17.7 Å². The lowest BCUT2D eigenvalue weighted by Crippen LogP contribution is -2.31. The monoisotopic (exact) mass is 417 g/mol. The van der Waals surface area contributed by atoms with Crippen LogP contribution in [-0.2, 0) is 17.1 Å². The first-order valence-corrected chi connectivity index (χ1v) is 10.5. The number of carbonyl (C=O) groups excluding carboxylic acids is 1. The molecule has 6 nitrogen and oxygen atoms in total. The number of aryl methyl sites for hydroxylation is 1. The molecule has 1 N–H and O–H groups in total. The van der Waals surface area contributed by atoms with Crippen molar-refractivity contribution in [3.63, 3.8) is 0 Å². The van der Waals surface area contributed by atoms with Crippen molar-refractivity contribution in [2.75, 3.05) is 0 Å². The lowest BCUT2D eigenvalue weighted by Gasteiger charge is -2.12. The molecule has 0 aliphatic carbocycles. The lowest BCUT2D eigenvalue weighted by molar-refractivity contribution is 0.0977. The maximum absolute atomic E-state index is 12.6. The number of rotatable bonds is 5. The highest BCUT2D eigenvalue weighted by molar-refractivity contribution is 7.90. The van der Waals surface area contributed by atoms with Crippen LogP contribution in [0.3, 0.4) is 0 Å². The molecule has 1 aromatic heterocycles. The van der Waals surface area contributed by atoms with E-state index >= 15 is 0 Å². The number of halogens is 1. The van der Waals surface area contributed by atoms with E-state index in [1.165, 1.54) is 24.4 Å². The van der Waals surface area contributed by atoms with E-state index in [1.807, 2.05) is 29.0 Å². The molecule has 0 spiro atoms. The number of sulfonamides is 1. The third kappa shape index (κ3) is 3.95. The molecule has 0 saturated carbocycles. The third-order valence-corrected chi connectivity index (χ3v) is 6.12. The number of nitrogens with one attached hydrogen (secondary N) is 1. The minimum absolute atomic E-state index is 0.00619. The van der Waals surface area contributed by atoms with Crippen molar-refractivity contribution in [1.29, 1.82) is 0 Å². The highest BCUT2D eigenvalue weighted by atomic mass is 35.5. The van der Waals surface area contributed by atoms with Gasteiger partial charge >= 0.3 is 0 Å². The van der Waals surface area contributed by atoms with Gasteiger partial charge < -0.3 is 4.57 Å². The number of aromatic nitrogens is 2. The molecule has 146 valence electrons. The maximum atomic E-state index is 12.6. The minimum atomic E-state index is -4.11. The first-order chi connectivity index (χ1) is 13.2. The van der Waals surface area contributed by atoms with Crippen LogP contribution in [0.4, 0.5) is 0 Å². The normalized spacial score (nSPS) is 11.6. The molecule has 0 aliphatic rings. The van der Waals surface area contributed by atoms with Gasteiger partial charge in [0.1, 0.15) is 16.4 Å². The summed E-state index contributed by atoms with van der Waals surface area (Å²) < 4.78 is 28.7. The van der Waals surface area contributed by atoms with Crippen LogP contribution in [0.15, 0.2) is 59.6 Å². The zero-order chi connectivity index (χ0) is 20.5. The van der Waals surface area contributed by atoms with Crippen molar-refractivity contribution < 1.29 is 13.2 Å². The van der Waals surface area contributed by atoms with Crippen LogP contribution in [0.2, 0.25) is 5.02 Å². The SMILES string of the molecule is CC(C)c1ccccc1-c1nc(C(=O)NS(=O)(=O)c2ccccc2Cl)cn1C. The Labute approximate surface area is 169 Å². The molecular formula is C20H20ClN3O3S. The summed E-state index contributed by atoms with van der Waals surface area (Å²) in [5.74, 6) is 0.0409. The topological polar surface area (TPSA) is 81.1 Å². The van der Waals surface area contributed by atoms with E-state index in [4.69, 9.17) is 11.6 Å². The molecule has 0 fully saturated rings. The third-order valence-electron chi connectivity index (χ3n) is 4.29. The molecule has 2 aromatic carbocycles. The van der Waals surface area contributed by atoms with Crippen molar-refractivity contribution in [1.82, 2.24) is 14.3 Å². The number of hydrogen-bond acceptors (Lipinski definition) is 4. The zero-order valence-corrected chi connectivity index (χ0v) is 17.3. The first-order valence-electron chi connectivity index (χ1n) is 8.65. The maximum Gasteiger partial charge on any atom is 0.285 e. The molecule has 1 amide bonds. The van der Waals surface area contributed by atoms with Gasteiger partial charge in [0.05, 0.1) is 5.02 Å². The number of nitrogens with zero attached hydrogens (tertiary/aromatic N) is 2. The summed E-state index contributed by atoms with van der Waals surface area (Å²) in [5.41, 5.74) is 1.99. The van der Waals surface area contributed by atoms with E-state index in [0.717, 1.165) is 11.1 Å². The summed E-state index contributed by atoms with van der Waals surface area (Å²) in [6, 6.07) is 13.7. The van der Waals surface area contributed by atoms with Gasteiger partial charge in [-0.25, -0.2) is 18.1 Å². The molecule has 28 heavy (non-hydrogen) atoms. The van der Waals surface area contributed by atoms with Gasteiger partial charge in [0.25, 0.3) is 15.9 Å². The van der Waals surface area contributed by atoms with Crippen LogP contribution in [0, 0.1) is 0 Å². The molecule has 0 aliphatic heterocycles. The molecule has 3 rings (SSSR count). The highest BCUT2D eigenvalue weighted by Gasteiger charge is 2.24. The Hall–Kier alpha value is -2.64. The Morgan fingerprint density at radius 3 is 2.43 bits per heavy atom. The summed E-state index contributed by atoms with van der Waals surface area (Å²) in [5, 5.41) is 0.0374. The van der Waals surface area contributed by atoms with E-state index in [-0.39, 0.29) is 21.5 Å². The van der Waals surface area contributed by atoms with Crippen LogP contribution in [0.5, 0.6) is 0 Å². The fourth-order valence-corrected chi connectivity index (χ4v) is 4.40. The van der Waals surface area contributed by atoms with E-state index in [2.05, 4.69) is 18.8 Å². The fraction of sp³-hybridized carbons (Fsp3) is 0.200. The van der Waals surface area contributed by atoms with Crippen LogP contribution < -0.4 is 4.72 Å². The summed E-state index contributed by atoms with van der Waals surface area (Å²) in [4.78, 5) is 16.8. The van der Waals surface area contributed by atoms with Crippen molar-refractivity contribution in [2.45, 2.75) is 24.7 Å². The lowest BCUT2D eigenvalue weighted by atomic mass is 9.97. The number of hydrogen-bond donors (Lipinski definition) is 1. The first kappa shape index (κ1) is 20.1. The molecule has 0 bridgehead atoms. The number of carbonyl (C=O) groups is 1. The quantitative estimate of drug-likeness (QED) is 0.680. The minimum Gasteiger partial charge on any atom is -0.333 e. The molecule has 1 heterocycles. The molecular weight excluding hydrogens is 398 g/mol. The highest BCUT2D eigenvalue weighted by Crippen LogP contribution is 2.28. The summed E-state index contributed by atoms with van der Waals surface area (Å²) >= 11 is 5.94. The predicted molar refractivity (Wildman–Crippen MR) is 109 cm³/mol. The largest absolute Gasteiger partial charge is 0.333 e. The standard InChI is InChI=1S/C20H20ClN3O3S/c1-13(2)14-8-4-5-9-15(14)19-22-17(12-24(19)3)20(25)23-28(26,27)18-11-7-6-10-16(18)21/h4-13H,1-3H3,(H,23,25). The Morgan fingerprint density at radius 2 is 1.75 bits per heavy atom. The molecule has 8 heteroatoms. The summed E-state index contributed by atoms with van der Waals surface area (Å²) in [6.07, 6.45) is 1.50. The van der Waals surface area contributed by atoms with E-state index in [9.17, 15) is 13.2 Å². The second-order valence-corrected chi connectivity index (χ2v) is 8.73. The van der Waals surface area contributed by atoms with Gasteiger partial charge in [-0.05, 0) is 23.6 Å². The average Bonchev–Trinajstić information content (AvgIpc) is 3.03. The van der Waals surface area contributed by atoms with E-state index in [0.29, 0.717) is 5.82 Å². The zero-order valence-electron chi connectivity index (χ0n) is 15.7. The van der Waals surface area contributed by atoms with Crippen LogP contribution >= 0.6 is 11.6 Å². The second kappa shape index (κ2) is 7.77. The summed E-state index contributed by atoms with van der Waals surface area (Å²) in [7, 11) is -2.35. The van der Waals surface area contributed by atoms with Crippen molar-refractivity contribution in [2.24, 2.45) is 7.05 Å². The molecule has 0 saturated heterocycles. The Bertz CT molecular complexity index is 1140. The van der Waals surface area contributed by atoms with E-state index < -0.39 is 15.9 Å². The van der Waals surface area contributed by atoms with Gasteiger partial charge in [-0.1, -0.05) is 61.8 Å². The molecule has 0 atom stereocenters. The van der Waals surface area contributed by atoms with Crippen LogP contribution in [-0.4, -0.2) is 23.9 Å². The number of benzene rings is 2. The van der Waals surface area contributed by atoms with Gasteiger partial charge in [-0.2, -0.15) is 0 Å². The fourth-order valence-electron chi connectivity index (χ4n) is 2.92.